The number of nitro benzene ring substituents is 2. The van der Waals surface area contributed by atoms with Crippen molar-refractivity contribution in [2.45, 2.75) is 47.9 Å². The molecule has 0 atom stereocenters. The smallest absolute Gasteiger partial charge is 0.315 e. The van der Waals surface area contributed by atoms with Crippen molar-refractivity contribution in [2.75, 3.05) is 5.32 Å². The first-order chi connectivity index (χ1) is 17.1. The second-order valence-electron chi connectivity index (χ2n) is 7.04. The van der Waals surface area contributed by atoms with E-state index in [2.05, 4.69) is 0 Å². The Morgan fingerprint density at radius 1 is 0.692 bits per heavy atom. The lowest BCUT2D eigenvalue weighted by atomic mass is 9.89. The molecule has 0 unspecified atom stereocenters. The zero-order valence-corrected chi connectivity index (χ0v) is 17.3. The van der Waals surface area contributed by atoms with E-state index < -0.39 is 80.7 Å². The summed E-state index contributed by atoms with van der Waals surface area (Å²) in [6.45, 7) is 0. The highest BCUT2D eigenvalue weighted by molar-refractivity contribution is 5.99. The van der Waals surface area contributed by atoms with E-state index in [0.717, 1.165) is 0 Å². The molecule has 0 heterocycles. The van der Waals surface area contributed by atoms with E-state index in [1.807, 2.05) is 0 Å². The minimum absolute atomic E-state index is 0.0593. The summed E-state index contributed by atoms with van der Waals surface area (Å²) < 4.78 is 213. The SMILES string of the molecule is O=C(Nc1ccc([N+](=O)[O-])cc1[N+](=O)[O-])C(F)(F)C(F)(F)C(F)(F)C(F)(F)C(F)(F)C(F)(F)C(F)(F)C(F)F. The van der Waals surface area contributed by atoms with Gasteiger partial charge in [-0.1, -0.05) is 0 Å². The highest BCUT2D eigenvalue weighted by Crippen LogP contribution is 2.62. The molecular weight excluding hydrogens is 606 g/mol. The molecule has 0 aromatic heterocycles. The van der Waals surface area contributed by atoms with Crippen LogP contribution in [0.1, 0.15) is 0 Å². The molecule has 0 radical (unpaired) electrons. The molecule has 0 fully saturated rings. The van der Waals surface area contributed by atoms with Crippen LogP contribution in [-0.4, -0.2) is 63.6 Å². The van der Waals surface area contributed by atoms with Gasteiger partial charge >= 0.3 is 53.8 Å². The second-order valence-corrected chi connectivity index (χ2v) is 7.04. The molecule has 39 heavy (non-hydrogen) atoms. The van der Waals surface area contributed by atoms with E-state index in [0.29, 0.717) is 5.32 Å². The van der Waals surface area contributed by atoms with E-state index in [9.17, 15) is 95.3 Å². The van der Waals surface area contributed by atoms with Crippen LogP contribution in [0.25, 0.3) is 0 Å². The van der Waals surface area contributed by atoms with Gasteiger partial charge in [0.15, 0.2) is 0 Å². The van der Waals surface area contributed by atoms with Gasteiger partial charge in [0.05, 0.1) is 15.9 Å². The molecule has 0 saturated carbocycles. The molecule has 0 spiro atoms. The minimum Gasteiger partial charge on any atom is -0.315 e. The van der Waals surface area contributed by atoms with Crippen molar-refractivity contribution < 1.29 is 84.9 Å². The molecule has 1 aromatic carbocycles. The first-order valence-corrected chi connectivity index (χ1v) is 8.74. The van der Waals surface area contributed by atoms with Gasteiger partial charge in [-0.05, 0) is 6.07 Å². The summed E-state index contributed by atoms with van der Waals surface area (Å²) >= 11 is 0. The van der Waals surface area contributed by atoms with Gasteiger partial charge in [0, 0.05) is 6.07 Å². The fraction of sp³-hybridized carbons (Fsp3) is 0.533. The molecule has 1 rings (SSSR count). The van der Waals surface area contributed by atoms with Crippen molar-refractivity contribution in [2.24, 2.45) is 0 Å². The van der Waals surface area contributed by atoms with Crippen molar-refractivity contribution in [3.63, 3.8) is 0 Å². The Kier molecular flexibility index (Phi) is 8.16. The fourth-order valence-electron chi connectivity index (χ4n) is 2.37. The monoisotopic (exact) mass is 611 g/mol. The molecule has 0 aliphatic heterocycles. The van der Waals surface area contributed by atoms with Crippen LogP contribution in [0.5, 0.6) is 0 Å². The van der Waals surface area contributed by atoms with Crippen LogP contribution in [0.2, 0.25) is 0 Å². The fourth-order valence-corrected chi connectivity index (χ4v) is 2.37. The molecule has 0 aliphatic rings. The van der Waals surface area contributed by atoms with Gasteiger partial charge in [-0.15, -0.1) is 0 Å². The summed E-state index contributed by atoms with van der Waals surface area (Å²) in [4.78, 5) is 29.8. The maximum Gasteiger partial charge on any atom is 0.393 e. The highest BCUT2D eigenvalue weighted by atomic mass is 19.4. The van der Waals surface area contributed by atoms with E-state index in [1.165, 1.54) is 0 Å². The Morgan fingerprint density at radius 3 is 1.49 bits per heavy atom. The number of halogens is 16. The number of nitro groups is 2. The van der Waals surface area contributed by atoms with Crippen LogP contribution in [0.3, 0.4) is 0 Å². The number of anilines is 1. The number of carbonyl (C=O) groups is 1. The maximum absolute atomic E-state index is 13.9. The van der Waals surface area contributed by atoms with Crippen molar-refractivity contribution in [3.05, 3.63) is 38.4 Å². The molecule has 222 valence electrons. The Labute approximate surface area is 200 Å². The van der Waals surface area contributed by atoms with Gasteiger partial charge in [0.2, 0.25) is 0 Å². The Morgan fingerprint density at radius 2 is 1.10 bits per heavy atom. The number of alkyl halides is 16. The third-order valence-electron chi connectivity index (χ3n) is 4.59. The highest BCUT2D eigenvalue weighted by Gasteiger charge is 2.94. The van der Waals surface area contributed by atoms with Crippen LogP contribution in [0.4, 0.5) is 87.3 Å². The number of amides is 1. The van der Waals surface area contributed by atoms with E-state index >= 15 is 0 Å². The van der Waals surface area contributed by atoms with Gasteiger partial charge < -0.3 is 5.32 Å². The number of rotatable bonds is 11. The summed E-state index contributed by atoms with van der Waals surface area (Å²) in [6, 6.07) is -0.0514. The number of hydrogen-bond donors (Lipinski definition) is 1. The summed E-state index contributed by atoms with van der Waals surface area (Å²) in [5, 5.41) is 21.8. The zero-order valence-electron chi connectivity index (χ0n) is 17.3. The van der Waals surface area contributed by atoms with Crippen molar-refractivity contribution >= 4 is 23.0 Å². The lowest BCUT2D eigenvalue weighted by Gasteiger charge is -2.42. The summed E-state index contributed by atoms with van der Waals surface area (Å²) in [7, 11) is 0. The number of hydrogen-bond acceptors (Lipinski definition) is 5. The second kappa shape index (κ2) is 9.53. The Bertz CT molecular complexity index is 1160. The topological polar surface area (TPSA) is 115 Å². The molecule has 1 amide bonds. The average Bonchev–Trinajstić information content (AvgIpc) is 2.77. The average molecular weight is 611 g/mol. The lowest BCUT2D eigenvalue weighted by molar-refractivity contribution is -0.443. The van der Waals surface area contributed by atoms with Gasteiger partial charge in [0.1, 0.15) is 5.69 Å². The number of non-ortho nitro benzene ring substituents is 1. The lowest BCUT2D eigenvalue weighted by Crippen LogP contribution is -2.74. The summed E-state index contributed by atoms with van der Waals surface area (Å²) in [6.07, 6.45) is -6.02. The summed E-state index contributed by atoms with van der Waals surface area (Å²) in [5.74, 6) is -61.7. The molecule has 8 nitrogen and oxygen atoms in total. The van der Waals surface area contributed by atoms with E-state index in [-0.39, 0.29) is 18.2 Å². The predicted octanol–water partition coefficient (Wildman–Crippen LogP) is 6.15. The molecular formula is C15H5F16N3O5. The zero-order chi connectivity index (χ0) is 31.4. The third-order valence-corrected chi connectivity index (χ3v) is 4.59. The predicted molar refractivity (Wildman–Crippen MR) is 89.0 cm³/mol. The minimum atomic E-state index is -8.74. The third kappa shape index (κ3) is 4.72. The van der Waals surface area contributed by atoms with Crippen molar-refractivity contribution in [3.8, 4) is 0 Å². The number of nitrogens with one attached hydrogen (secondary N) is 1. The van der Waals surface area contributed by atoms with Gasteiger partial charge in [-0.25, -0.2) is 8.78 Å². The largest absolute Gasteiger partial charge is 0.393 e. The van der Waals surface area contributed by atoms with Crippen LogP contribution in [0, 0.1) is 20.2 Å². The molecule has 1 N–H and O–H groups in total. The number of nitrogens with zero attached hydrogens (tertiary/aromatic N) is 2. The van der Waals surface area contributed by atoms with Gasteiger partial charge in [-0.2, -0.15) is 61.5 Å². The van der Waals surface area contributed by atoms with Crippen LogP contribution < -0.4 is 5.32 Å². The normalized spacial score (nSPS) is 14.4. The quantitative estimate of drug-likeness (QED) is 0.183. The summed E-state index contributed by atoms with van der Waals surface area (Å²) in [5.41, 5.74) is -4.78. The van der Waals surface area contributed by atoms with Gasteiger partial charge in [0.25, 0.3) is 11.4 Å². The van der Waals surface area contributed by atoms with Crippen molar-refractivity contribution in [1.82, 2.24) is 0 Å². The van der Waals surface area contributed by atoms with E-state index in [1.54, 1.807) is 0 Å². The molecule has 0 bridgehead atoms. The van der Waals surface area contributed by atoms with Gasteiger partial charge in [-0.3, -0.25) is 25.0 Å². The molecule has 0 saturated heterocycles. The first kappa shape index (κ1) is 33.4. The molecule has 0 aliphatic carbocycles. The molecule has 1 aromatic rings. The Balaban J connectivity index is 3.63. The Hall–Kier alpha value is -3.63. The standard InChI is InChI=1S/C15H5F16N3O5/c16-7(17)9(18,19)11(22,23)13(26,27)15(30,31)14(28,29)12(24,25)10(20,21)8(35)32-5-2-1-4(33(36)37)3-6(5)34(38)39/h1-3,7H,(H,32,35). The maximum atomic E-state index is 13.9. The van der Waals surface area contributed by atoms with Crippen LogP contribution in [-0.2, 0) is 4.79 Å². The van der Waals surface area contributed by atoms with Crippen LogP contribution in [0.15, 0.2) is 18.2 Å². The molecule has 24 heteroatoms. The number of carbonyl (C=O) groups excluding carboxylic acids is 1. The van der Waals surface area contributed by atoms with Crippen molar-refractivity contribution in [1.29, 1.82) is 0 Å². The number of benzene rings is 1. The van der Waals surface area contributed by atoms with Crippen LogP contribution >= 0.6 is 0 Å². The first-order valence-electron chi connectivity index (χ1n) is 8.74. The van der Waals surface area contributed by atoms with E-state index in [4.69, 9.17) is 0 Å².